The van der Waals surface area contributed by atoms with E-state index in [0.29, 0.717) is 6.17 Å². The maximum Gasteiger partial charge on any atom is 0.0840 e. The summed E-state index contributed by atoms with van der Waals surface area (Å²) in [7, 11) is 0. The first-order valence-electron chi connectivity index (χ1n) is 3.69. The first-order chi connectivity index (χ1) is 5.36. The van der Waals surface area contributed by atoms with Crippen LogP contribution in [0.15, 0.2) is 42.6 Å². The summed E-state index contributed by atoms with van der Waals surface area (Å²) in [5.74, 6) is 0. The van der Waals surface area contributed by atoms with Gasteiger partial charge in [-0.2, -0.15) is 0 Å². The van der Waals surface area contributed by atoms with Crippen molar-refractivity contribution < 1.29 is 1.37 Å². The minimum absolute atomic E-state index is 0. The zero-order valence-corrected chi connectivity index (χ0v) is 6.64. The molecular weight excluding hydrogens is 158 g/mol. The van der Waals surface area contributed by atoms with Gasteiger partial charge in [0.2, 0.25) is 0 Å². The highest BCUT2D eigenvalue weighted by Gasteiger charge is 1.86. The lowest BCUT2D eigenvalue weighted by molar-refractivity contribution is 1.41. The van der Waals surface area contributed by atoms with Gasteiger partial charge in [0.05, 0.1) is 6.89 Å². The topological polar surface area (TPSA) is 12.9 Å². The van der Waals surface area contributed by atoms with Gasteiger partial charge in [-0.1, -0.05) is 24.3 Å². The van der Waals surface area contributed by atoms with Crippen LogP contribution in [0.3, 0.4) is 0 Å². The molecule has 0 spiro atoms. The maximum absolute atomic E-state index is 7.27. The largest absolute Gasteiger partial charge is 0.256 e. The average Bonchev–Trinajstić information content (AvgIpc) is 2.04. The van der Waals surface area contributed by atoms with Crippen LogP contribution in [0.4, 0.5) is 0 Å². The summed E-state index contributed by atoms with van der Waals surface area (Å²) in [6, 6.07) is 11.4. The maximum atomic E-state index is 7.27. The van der Waals surface area contributed by atoms with Crippen molar-refractivity contribution in [3.8, 4) is 0 Å². The van der Waals surface area contributed by atoms with Crippen molar-refractivity contribution >= 4 is 23.3 Å². The Labute approximate surface area is 72.9 Å². The van der Waals surface area contributed by atoms with Crippen molar-refractivity contribution in [1.29, 1.82) is 0 Å². The molecule has 0 aliphatic carbocycles. The highest BCUT2D eigenvalue weighted by atomic mass is 35.5. The molecule has 0 fully saturated rings. The van der Waals surface area contributed by atoms with Crippen molar-refractivity contribution in [2.24, 2.45) is 0 Å². The quantitative estimate of drug-likeness (QED) is 0.588. The third-order valence-corrected chi connectivity index (χ3v) is 1.46. The van der Waals surface area contributed by atoms with Crippen LogP contribution in [-0.2, 0) is 0 Å². The molecule has 1 heterocycles. The van der Waals surface area contributed by atoms with Gasteiger partial charge in [0.25, 0.3) is 0 Å². The predicted molar refractivity (Wildman–Crippen MR) is 49.0 cm³/mol. The molecule has 0 amide bonds. The number of pyridine rings is 1. The second-order valence-corrected chi connectivity index (χ2v) is 2.13. The van der Waals surface area contributed by atoms with E-state index >= 15 is 0 Å². The Hall–Kier alpha value is -1.08. The molecule has 0 atom stereocenters. The molecule has 2 aromatic rings. The number of hydrogen-bond donors (Lipinski definition) is 0. The van der Waals surface area contributed by atoms with E-state index in [4.69, 9.17) is 1.37 Å². The van der Waals surface area contributed by atoms with Gasteiger partial charge in [-0.05, 0) is 12.1 Å². The smallest absolute Gasteiger partial charge is 0.0840 e. The number of fused-ring (bicyclic) bond motifs is 1. The molecule has 1 aromatic carbocycles. The Morgan fingerprint density at radius 1 is 1.09 bits per heavy atom. The van der Waals surface area contributed by atoms with Crippen LogP contribution >= 0.6 is 12.4 Å². The van der Waals surface area contributed by atoms with E-state index in [0.717, 1.165) is 10.9 Å². The Balaban J connectivity index is 0.000000720. The van der Waals surface area contributed by atoms with Crippen LogP contribution < -0.4 is 0 Å². The van der Waals surface area contributed by atoms with Crippen molar-refractivity contribution in [1.82, 2.24) is 4.98 Å². The molecule has 56 valence electrons. The number of para-hydroxylation sites is 1. The van der Waals surface area contributed by atoms with Gasteiger partial charge in [0.15, 0.2) is 0 Å². The lowest BCUT2D eigenvalue weighted by Gasteiger charge is -1.91. The molecule has 0 radical (unpaired) electrons. The molecule has 0 saturated heterocycles. The van der Waals surface area contributed by atoms with Gasteiger partial charge in [-0.15, -0.1) is 12.4 Å². The van der Waals surface area contributed by atoms with Crippen LogP contribution in [0.25, 0.3) is 10.9 Å². The standard InChI is InChI=1S/C9H7N.ClH/c1-2-6-9-8(4-1)5-3-7-10-9;/h1-7H;1H/i7T;. The fourth-order valence-electron chi connectivity index (χ4n) is 0.964. The third-order valence-electron chi connectivity index (χ3n) is 1.46. The fraction of sp³-hybridized carbons (Fsp3) is 0. The van der Waals surface area contributed by atoms with E-state index in [1.54, 1.807) is 6.07 Å². The van der Waals surface area contributed by atoms with E-state index in [9.17, 15) is 0 Å². The zero-order chi connectivity index (χ0) is 7.68. The second-order valence-electron chi connectivity index (χ2n) is 2.13. The minimum atomic E-state index is 0. The van der Waals surface area contributed by atoms with E-state index in [2.05, 4.69) is 4.98 Å². The molecule has 0 unspecified atom stereocenters. The van der Waals surface area contributed by atoms with Crippen LogP contribution in [0.1, 0.15) is 1.37 Å². The Bertz CT molecular complexity index is 389. The van der Waals surface area contributed by atoms with Gasteiger partial charge >= 0.3 is 0 Å². The molecule has 2 rings (SSSR count). The van der Waals surface area contributed by atoms with Crippen molar-refractivity contribution in [2.45, 2.75) is 0 Å². The molecule has 1 nitrogen and oxygen atoms in total. The first kappa shape index (κ1) is 6.62. The molecule has 0 N–H and O–H groups in total. The molecule has 2 heteroatoms. The summed E-state index contributed by atoms with van der Waals surface area (Å²) in [5.41, 5.74) is 0.889. The highest BCUT2D eigenvalue weighted by Crippen LogP contribution is 2.07. The SMILES string of the molecule is Cl.[3H]c1ccc2ccccc2n1. The van der Waals surface area contributed by atoms with Crippen LogP contribution in [0.5, 0.6) is 0 Å². The Morgan fingerprint density at radius 2 is 1.82 bits per heavy atom. The number of halogens is 1. The van der Waals surface area contributed by atoms with Crippen molar-refractivity contribution in [3.05, 3.63) is 42.6 Å². The monoisotopic (exact) mass is 167 g/mol. The number of benzene rings is 1. The van der Waals surface area contributed by atoms with Crippen molar-refractivity contribution in [2.75, 3.05) is 0 Å². The van der Waals surface area contributed by atoms with E-state index in [-0.39, 0.29) is 12.4 Å². The number of aromatic nitrogens is 1. The summed E-state index contributed by atoms with van der Waals surface area (Å²) >= 11 is 0. The van der Waals surface area contributed by atoms with E-state index in [1.807, 2.05) is 30.3 Å². The predicted octanol–water partition coefficient (Wildman–Crippen LogP) is 2.66. The minimum Gasteiger partial charge on any atom is -0.256 e. The summed E-state index contributed by atoms with van der Waals surface area (Å²) in [4.78, 5) is 4.04. The molecule has 0 aliphatic rings. The number of hydrogen-bond acceptors (Lipinski definition) is 1. The lowest BCUT2D eigenvalue weighted by atomic mass is 10.2. The molecule has 0 aliphatic heterocycles. The lowest BCUT2D eigenvalue weighted by Crippen LogP contribution is -1.73. The molecular formula is C9H8ClN. The zero-order valence-electron chi connectivity index (χ0n) is 6.82. The highest BCUT2D eigenvalue weighted by molar-refractivity contribution is 5.85. The van der Waals surface area contributed by atoms with Gasteiger partial charge in [-0.3, -0.25) is 4.98 Å². The van der Waals surface area contributed by atoms with Crippen LogP contribution in [0.2, 0.25) is 0 Å². The second kappa shape index (κ2) is 3.35. The normalized spacial score (nSPS) is 10.4. The van der Waals surface area contributed by atoms with Gasteiger partial charge in [0, 0.05) is 11.6 Å². The van der Waals surface area contributed by atoms with E-state index in [1.165, 1.54) is 0 Å². The first-order valence-corrected chi connectivity index (χ1v) is 3.19. The van der Waals surface area contributed by atoms with Gasteiger partial charge in [0.1, 0.15) is 0 Å². The third kappa shape index (κ3) is 1.49. The molecule has 11 heavy (non-hydrogen) atoms. The summed E-state index contributed by atoms with van der Waals surface area (Å²) < 4.78 is 7.27. The number of nitrogens with zero attached hydrogens (tertiary/aromatic N) is 1. The Kier molecular flexibility index (Phi) is 2.02. The van der Waals surface area contributed by atoms with Gasteiger partial charge < -0.3 is 0 Å². The van der Waals surface area contributed by atoms with Crippen LogP contribution in [0, 0.1) is 0 Å². The average molecular weight is 168 g/mol. The van der Waals surface area contributed by atoms with Crippen LogP contribution in [-0.4, -0.2) is 4.98 Å². The van der Waals surface area contributed by atoms with E-state index < -0.39 is 0 Å². The fourth-order valence-corrected chi connectivity index (χ4v) is 0.964. The summed E-state index contributed by atoms with van der Waals surface area (Å²) in [6.07, 6.45) is 0.323. The van der Waals surface area contributed by atoms with Crippen molar-refractivity contribution in [3.63, 3.8) is 0 Å². The summed E-state index contributed by atoms with van der Waals surface area (Å²) in [5, 5.41) is 1.09. The molecule has 0 saturated carbocycles. The van der Waals surface area contributed by atoms with Gasteiger partial charge in [-0.25, -0.2) is 0 Å². The molecule has 0 bridgehead atoms. The molecule has 1 aromatic heterocycles. The number of rotatable bonds is 0. The summed E-state index contributed by atoms with van der Waals surface area (Å²) in [6.45, 7) is 0. The Morgan fingerprint density at radius 3 is 2.73 bits per heavy atom.